The number of aryl methyl sites for hydroxylation is 2. The van der Waals surface area contributed by atoms with Gasteiger partial charge in [0, 0.05) is 13.0 Å². The van der Waals surface area contributed by atoms with Crippen LogP contribution in [0.25, 0.3) is 0 Å². The molecule has 0 bridgehead atoms. The number of aromatic nitrogens is 2. The van der Waals surface area contributed by atoms with Crippen LogP contribution in [0.5, 0.6) is 0 Å². The fraction of sp³-hybridized carbons (Fsp3) is 0.600. The predicted molar refractivity (Wildman–Crippen MR) is 51.9 cm³/mol. The first kappa shape index (κ1) is 9.96. The van der Waals surface area contributed by atoms with E-state index in [4.69, 9.17) is 0 Å². The lowest BCUT2D eigenvalue weighted by atomic mass is 10.2. The van der Waals surface area contributed by atoms with Crippen molar-refractivity contribution in [3.8, 4) is 0 Å². The minimum absolute atomic E-state index is 0.175. The third-order valence-electron chi connectivity index (χ3n) is 2.10. The molecule has 1 aromatic heterocycles. The van der Waals surface area contributed by atoms with Crippen molar-refractivity contribution in [2.75, 3.05) is 0 Å². The zero-order valence-corrected chi connectivity index (χ0v) is 8.50. The summed E-state index contributed by atoms with van der Waals surface area (Å²) in [6.07, 6.45) is 1.44. The summed E-state index contributed by atoms with van der Waals surface area (Å²) < 4.78 is 1.78. The van der Waals surface area contributed by atoms with E-state index in [-0.39, 0.29) is 5.78 Å². The van der Waals surface area contributed by atoms with Gasteiger partial charge in [0.2, 0.25) is 0 Å². The maximum absolute atomic E-state index is 11.5. The quantitative estimate of drug-likeness (QED) is 0.665. The molecule has 0 radical (unpaired) electrons. The van der Waals surface area contributed by atoms with Gasteiger partial charge in [-0.25, -0.2) is 0 Å². The third-order valence-corrected chi connectivity index (χ3v) is 2.10. The first-order chi connectivity index (χ1) is 6.22. The molecule has 0 atom stereocenters. The van der Waals surface area contributed by atoms with Crippen molar-refractivity contribution in [2.24, 2.45) is 0 Å². The van der Waals surface area contributed by atoms with Crippen molar-refractivity contribution in [1.29, 1.82) is 0 Å². The van der Waals surface area contributed by atoms with Gasteiger partial charge >= 0.3 is 0 Å². The molecule has 0 aliphatic carbocycles. The predicted octanol–water partition coefficient (Wildman–Crippen LogP) is 2.06. The molecule has 0 saturated carbocycles. The zero-order chi connectivity index (χ0) is 9.84. The van der Waals surface area contributed by atoms with Gasteiger partial charge in [-0.15, -0.1) is 0 Å². The lowest BCUT2D eigenvalue weighted by Gasteiger charge is -2.00. The van der Waals surface area contributed by atoms with E-state index in [0.717, 1.165) is 24.4 Å². The van der Waals surface area contributed by atoms with Crippen LogP contribution in [0.2, 0.25) is 0 Å². The highest BCUT2D eigenvalue weighted by Gasteiger charge is 2.11. The Balaban J connectivity index is 3.03. The SMILES string of the molecule is CCC(=O)c1cc(CC)nn1CC. The molecule has 13 heavy (non-hydrogen) atoms. The minimum Gasteiger partial charge on any atom is -0.292 e. The van der Waals surface area contributed by atoms with Crippen LogP contribution in [0.1, 0.15) is 43.4 Å². The van der Waals surface area contributed by atoms with Crippen molar-refractivity contribution in [3.63, 3.8) is 0 Å². The Hall–Kier alpha value is -1.12. The Kier molecular flexibility index (Phi) is 3.23. The van der Waals surface area contributed by atoms with Gasteiger partial charge < -0.3 is 0 Å². The van der Waals surface area contributed by atoms with E-state index >= 15 is 0 Å². The Morgan fingerprint density at radius 3 is 2.62 bits per heavy atom. The van der Waals surface area contributed by atoms with Crippen molar-refractivity contribution in [1.82, 2.24) is 9.78 Å². The summed E-state index contributed by atoms with van der Waals surface area (Å²) >= 11 is 0. The number of carbonyl (C=O) groups excluding carboxylic acids is 1. The second-order valence-corrected chi connectivity index (χ2v) is 2.97. The van der Waals surface area contributed by atoms with Crippen molar-refractivity contribution in [2.45, 2.75) is 40.2 Å². The number of hydrogen-bond acceptors (Lipinski definition) is 2. The summed E-state index contributed by atoms with van der Waals surface area (Å²) in [4.78, 5) is 11.5. The largest absolute Gasteiger partial charge is 0.292 e. The Morgan fingerprint density at radius 2 is 2.15 bits per heavy atom. The molecular weight excluding hydrogens is 164 g/mol. The summed E-state index contributed by atoms with van der Waals surface area (Å²) in [7, 11) is 0. The number of nitrogens with zero attached hydrogens (tertiary/aromatic N) is 2. The van der Waals surface area contributed by atoms with E-state index in [1.54, 1.807) is 4.68 Å². The van der Waals surface area contributed by atoms with Gasteiger partial charge in [0.05, 0.1) is 5.69 Å². The van der Waals surface area contributed by atoms with Gasteiger partial charge in [-0.1, -0.05) is 13.8 Å². The maximum atomic E-state index is 11.5. The summed E-state index contributed by atoms with van der Waals surface area (Å²) in [6, 6.07) is 1.90. The van der Waals surface area contributed by atoms with E-state index in [9.17, 15) is 4.79 Å². The van der Waals surface area contributed by atoms with Crippen LogP contribution < -0.4 is 0 Å². The Morgan fingerprint density at radius 1 is 1.46 bits per heavy atom. The van der Waals surface area contributed by atoms with Crippen LogP contribution in [0.3, 0.4) is 0 Å². The summed E-state index contributed by atoms with van der Waals surface area (Å²) in [5, 5.41) is 4.31. The van der Waals surface area contributed by atoms with Gasteiger partial charge in [0.25, 0.3) is 0 Å². The topological polar surface area (TPSA) is 34.9 Å². The van der Waals surface area contributed by atoms with Crippen LogP contribution >= 0.6 is 0 Å². The van der Waals surface area contributed by atoms with Crippen LogP contribution in [0, 0.1) is 0 Å². The molecule has 1 rings (SSSR count). The van der Waals surface area contributed by atoms with E-state index < -0.39 is 0 Å². The molecule has 0 aliphatic rings. The molecule has 0 saturated heterocycles. The van der Waals surface area contributed by atoms with Gasteiger partial charge in [-0.2, -0.15) is 5.10 Å². The number of carbonyl (C=O) groups is 1. The average molecular weight is 180 g/mol. The highest BCUT2D eigenvalue weighted by molar-refractivity contribution is 5.94. The van der Waals surface area contributed by atoms with Crippen LogP contribution in [0.4, 0.5) is 0 Å². The molecule has 3 heteroatoms. The van der Waals surface area contributed by atoms with Crippen molar-refractivity contribution >= 4 is 5.78 Å². The first-order valence-corrected chi connectivity index (χ1v) is 4.82. The minimum atomic E-state index is 0.175. The van der Waals surface area contributed by atoms with E-state index in [0.29, 0.717) is 6.42 Å². The smallest absolute Gasteiger partial charge is 0.180 e. The molecule has 1 heterocycles. The maximum Gasteiger partial charge on any atom is 0.180 e. The van der Waals surface area contributed by atoms with E-state index in [2.05, 4.69) is 5.10 Å². The normalized spacial score (nSPS) is 10.4. The summed E-state index contributed by atoms with van der Waals surface area (Å²) in [5.74, 6) is 0.175. The standard InChI is InChI=1S/C10H16N2O/c1-4-8-7-9(10(13)5-2)12(6-3)11-8/h7H,4-6H2,1-3H3. The summed E-state index contributed by atoms with van der Waals surface area (Å²) in [6.45, 7) is 6.68. The lowest BCUT2D eigenvalue weighted by molar-refractivity contribution is 0.0978. The van der Waals surface area contributed by atoms with Crippen LogP contribution in [0.15, 0.2) is 6.07 Å². The average Bonchev–Trinajstić information content (AvgIpc) is 2.59. The lowest BCUT2D eigenvalue weighted by Crippen LogP contribution is -2.08. The third kappa shape index (κ3) is 1.97. The number of ketones is 1. The highest BCUT2D eigenvalue weighted by atomic mass is 16.1. The second-order valence-electron chi connectivity index (χ2n) is 2.97. The Labute approximate surface area is 78.8 Å². The molecule has 0 fully saturated rings. The fourth-order valence-corrected chi connectivity index (χ4v) is 1.29. The molecular formula is C10H16N2O. The number of Topliss-reactive ketones (excluding diaryl/α,β-unsaturated/α-hetero) is 1. The molecule has 1 aromatic rings. The zero-order valence-electron chi connectivity index (χ0n) is 8.50. The number of rotatable bonds is 4. The molecule has 0 N–H and O–H groups in total. The van der Waals surface area contributed by atoms with Gasteiger partial charge in [0.15, 0.2) is 5.78 Å². The molecule has 3 nitrogen and oxygen atoms in total. The summed E-state index contributed by atoms with van der Waals surface area (Å²) in [5.41, 5.74) is 1.75. The van der Waals surface area contributed by atoms with E-state index in [1.165, 1.54) is 0 Å². The monoisotopic (exact) mass is 180 g/mol. The fourth-order valence-electron chi connectivity index (χ4n) is 1.29. The number of hydrogen-bond donors (Lipinski definition) is 0. The highest BCUT2D eigenvalue weighted by Crippen LogP contribution is 2.07. The molecule has 72 valence electrons. The van der Waals surface area contributed by atoms with Crippen molar-refractivity contribution in [3.05, 3.63) is 17.5 Å². The van der Waals surface area contributed by atoms with Gasteiger partial charge in [0.1, 0.15) is 5.69 Å². The van der Waals surface area contributed by atoms with Gasteiger partial charge in [-0.3, -0.25) is 9.48 Å². The van der Waals surface area contributed by atoms with Crippen molar-refractivity contribution < 1.29 is 4.79 Å². The second kappa shape index (κ2) is 4.21. The van der Waals surface area contributed by atoms with Crippen LogP contribution in [-0.4, -0.2) is 15.6 Å². The molecule has 0 aliphatic heterocycles. The van der Waals surface area contributed by atoms with Gasteiger partial charge in [-0.05, 0) is 19.4 Å². The molecule has 0 amide bonds. The van der Waals surface area contributed by atoms with Crippen LogP contribution in [-0.2, 0) is 13.0 Å². The Bertz CT molecular complexity index is 302. The molecule has 0 aromatic carbocycles. The molecule has 0 spiro atoms. The molecule has 0 unspecified atom stereocenters. The van der Waals surface area contributed by atoms with E-state index in [1.807, 2.05) is 26.8 Å². The first-order valence-electron chi connectivity index (χ1n) is 4.82.